The van der Waals surface area contributed by atoms with E-state index < -0.39 is 22.2 Å². The van der Waals surface area contributed by atoms with Gasteiger partial charge in [-0.3, -0.25) is 38.7 Å². The second-order valence-electron chi connectivity index (χ2n) is 29.1. The number of carbonyl (C=O) groups excluding carboxylic acids is 5. The first-order valence-electron chi connectivity index (χ1n) is 37.9. The highest BCUT2D eigenvalue weighted by atomic mass is 79.9. The molecule has 3 aromatic carbocycles. The van der Waals surface area contributed by atoms with Crippen molar-refractivity contribution in [2.75, 3.05) is 83.1 Å². The molecule has 112 heavy (non-hydrogen) atoms. The fourth-order valence-corrected chi connectivity index (χ4v) is 17.0. The van der Waals surface area contributed by atoms with Crippen LogP contribution in [0.15, 0.2) is 115 Å². The number of benzene rings is 3. The number of thiazole rings is 3. The quantitative estimate of drug-likeness (QED) is 0.0458. The molecule has 3 amide bonds. The molecule has 584 valence electrons. The number of pyridine rings is 2. The van der Waals surface area contributed by atoms with Crippen molar-refractivity contribution in [3.8, 4) is 55.9 Å². The van der Waals surface area contributed by atoms with Crippen molar-refractivity contribution in [3.05, 3.63) is 126 Å². The average Bonchev–Trinajstić information content (AvgIpc) is 1.57. The number of aliphatic carboxylic acids is 1. The lowest BCUT2D eigenvalue weighted by Gasteiger charge is -2.37. The Labute approximate surface area is 670 Å². The van der Waals surface area contributed by atoms with Crippen molar-refractivity contribution in [3.63, 3.8) is 0 Å². The van der Waals surface area contributed by atoms with E-state index in [1.807, 2.05) is 141 Å². The van der Waals surface area contributed by atoms with Crippen LogP contribution in [-0.4, -0.2) is 148 Å². The molecule has 0 spiro atoms. The third kappa shape index (κ3) is 19.2. The predicted molar refractivity (Wildman–Crippen MR) is 446 cm³/mol. The van der Waals surface area contributed by atoms with Crippen molar-refractivity contribution >= 4 is 149 Å². The number of carbonyl (C=O) groups is 6. The normalized spacial score (nSPS) is 15.0. The molecule has 11 heterocycles. The zero-order valence-electron chi connectivity index (χ0n) is 64.6. The lowest BCUT2D eigenvalue weighted by atomic mass is 9.80. The molecular formula is C82H92BrN17O9S3. The molecule has 0 atom stereocenters. The van der Waals surface area contributed by atoms with Crippen molar-refractivity contribution in [1.82, 2.24) is 54.8 Å². The van der Waals surface area contributed by atoms with Crippen LogP contribution in [0.2, 0.25) is 0 Å². The second kappa shape index (κ2) is 35.9. The van der Waals surface area contributed by atoms with Gasteiger partial charge in [0.15, 0.2) is 15.4 Å². The van der Waals surface area contributed by atoms with Gasteiger partial charge in [0, 0.05) is 140 Å². The van der Waals surface area contributed by atoms with Crippen LogP contribution in [0.3, 0.4) is 0 Å². The van der Waals surface area contributed by atoms with Crippen LogP contribution < -0.4 is 30.7 Å². The monoisotopic (exact) mass is 1630 g/mol. The van der Waals surface area contributed by atoms with Gasteiger partial charge in [0.05, 0.1) is 71.5 Å². The smallest absolute Gasteiger partial charge is 0.311 e. The maximum Gasteiger partial charge on any atom is 0.311 e. The Bertz CT molecular complexity index is 5230. The van der Waals surface area contributed by atoms with Gasteiger partial charge in [-0.25, -0.2) is 44.9 Å². The first-order valence-corrected chi connectivity index (χ1v) is 41.2. The van der Waals surface area contributed by atoms with Crippen molar-refractivity contribution in [1.29, 1.82) is 0 Å². The Balaban J connectivity index is 0.000000156. The summed E-state index contributed by atoms with van der Waals surface area (Å²) in [5.41, 5.74) is 11.8. The van der Waals surface area contributed by atoms with Gasteiger partial charge in [-0.15, -0.1) is 0 Å². The number of carboxylic acids is 1. The Morgan fingerprint density at radius 2 is 0.750 bits per heavy atom. The average molecular weight is 1640 g/mol. The van der Waals surface area contributed by atoms with Crippen molar-refractivity contribution in [2.45, 2.75) is 146 Å². The lowest BCUT2D eigenvalue weighted by Crippen LogP contribution is -2.44. The maximum atomic E-state index is 12.4. The molecule has 14 rings (SSSR count). The molecule has 4 N–H and O–H groups in total. The Hall–Kier alpha value is -10.4. The highest BCUT2D eigenvalue weighted by Crippen LogP contribution is 2.43. The zero-order valence-corrected chi connectivity index (χ0v) is 68.6. The van der Waals surface area contributed by atoms with Crippen LogP contribution in [0.1, 0.15) is 144 Å². The molecule has 3 aliphatic rings. The molecule has 0 radical (unpaired) electrons. The summed E-state index contributed by atoms with van der Waals surface area (Å²) in [5, 5.41) is 20.0. The van der Waals surface area contributed by atoms with E-state index >= 15 is 0 Å². The maximum absolute atomic E-state index is 12.4. The minimum Gasteiger partial charge on any atom is -0.481 e. The highest BCUT2D eigenvalue weighted by Gasteiger charge is 2.41. The largest absolute Gasteiger partial charge is 0.481 e. The standard InChI is InChI=1S/C30H34N6O3S.C28H30N6O3S.C24H28BrN5O3S/c1-5-7-25(37)35-29-34-24-16-20(15-22(26(24)40-29)23-14-19(3)8-11-31-23)21-17-32-28(33-18-21)36-12-9-30(4,10-13-36)27(38)39-6-2;1-4-5-23(35)33-27-32-22-14-18(13-20(24(22)38-27)21-12-17(2)6-9-29-21)19-15-30-26(31-16-19)34-10-7-28(3,8-11-34)25(36)37;1-4-6-19(31)29-23-28-18-12-15(11-17(25)20(18)34-23)16-13-26-22(27-14-16)30-9-7-24(3,8-10-30)21(32)33-5-2/h8,11,14-18H,5-7,9-10,12-13H2,1-4H3,(H,34,35,37);6,9,12-16H,4-5,7-8,10-11H2,1-3H3,(H,36,37)(H,32,33,35);11-14H,4-10H2,1-3H3,(H,28,29,31). The first kappa shape index (κ1) is 81.1. The van der Waals surface area contributed by atoms with E-state index in [2.05, 4.69) is 98.7 Å². The van der Waals surface area contributed by atoms with E-state index in [1.165, 1.54) is 34.0 Å². The van der Waals surface area contributed by atoms with E-state index in [9.17, 15) is 33.9 Å². The minimum atomic E-state index is -0.752. The van der Waals surface area contributed by atoms with Crippen LogP contribution in [-0.2, 0) is 38.2 Å². The lowest BCUT2D eigenvalue weighted by molar-refractivity contribution is -0.156. The molecule has 30 heteroatoms. The number of anilines is 6. The number of hydrogen-bond acceptors (Lipinski definition) is 25. The van der Waals surface area contributed by atoms with E-state index in [-0.39, 0.29) is 29.7 Å². The first-order chi connectivity index (χ1) is 53.9. The van der Waals surface area contributed by atoms with Gasteiger partial charge >= 0.3 is 17.9 Å². The molecule has 11 aromatic rings. The fraction of sp³-hybridized carbons (Fsp3) is 0.402. The molecule has 3 fully saturated rings. The topological polar surface area (TPSA) is 329 Å². The number of amides is 3. The summed E-state index contributed by atoms with van der Waals surface area (Å²) >= 11 is 7.98. The van der Waals surface area contributed by atoms with Crippen LogP contribution in [0.25, 0.3) is 86.5 Å². The van der Waals surface area contributed by atoms with Crippen LogP contribution in [0, 0.1) is 30.1 Å². The molecule has 0 aliphatic carbocycles. The number of esters is 2. The van der Waals surface area contributed by atoms with Crippen molar-refractivity contribution < 1.29 is 43.3 Å². The summed E-state index contributed by atoms with van der Waals surface area (Å²) in [6.07, 6.45) is 22.1. The van der Waals surface area contributed by atoms with Gasteiger partial charge in [-0.1, -0.05) is 54.8 Å². The summed E-state index contributed by atoms with van der Waals surface area (Å²) in [5.74, 6) is 0.777. The molecule has 0 bridgehead atoms. The van der Waals surface area contributed by atoms with Gasteiger partial charge in [-0.2, -0.15) is 0 Å². The number of nitrogens with one attached hydrogen (secondary N) is 3. The Morgan fingerprint density at radius 3 is 1.06 bits per heavy atom. The summed E-state index contributed by atoms with van der Waals surface area (Å²) in [7, 11) is 0. The summed E-state index contributed by atoms with van der Waals surface area (Å²) in [4.78, 5) is 130. The molecule has 3 aliphatic heterocycles. The van der Waals surface area contributed by atoms with Gasteiger partial charge in [-0.05, 0) is 211 Å². The Morgan fingerprint density at radius 1 is 0.438 bits per heavy atom. The number of aryl methyl sites for hydroxylation is 2. The predicted octanol–water partition coefficient (Wildman–Crippen LogP) is 17.0. The number of nitrogens with zero attached hydrogens (tertiary/aromatic N) is 14. The van der Waals surface area contributed by atoms with Gasteiger partial charge in [0.2, 0.25) is 35.6 Å². The number of rotatable bonds is 22. The minimum absolute atomic E-state index is 0.0258. The highest BCUT2D eigenvalue weighted by molar-refractivity contribution is 9.10. The fourth-order valence-electron chi connectivity index (χ4n) is 13.4. The molecule has 8 aromatic heterocycles. The summed E-state index contributed by atoms with van der Waals surface area (Å²) < 4.78 is 14.3. The number of piperidine rings is 3. The zero-order chi connectivity index (χ0) is 79.4. The van der Waals surface area contributed by atoms with Gasteiger partial charge < -0.3 is 45.2 Å². The van der Waals surface area contributed by atoms with Crippen LogP contribution >= 0.6 is 49.9 Å². The van der Waals surface area contributed by atoms with E-state index in [0.717, 1.165) is 121 Å². The summed E-state index contributed by atoms with van der Waals surface area (Å²) in [6, 6.07) is 20.2. The third-order valence-corrected chi connectivity index (χ3v) is 24.3. The molecule has 0 saturated carbocycles. The molecule has 3 saturated heterocycles. The van der Waals surface area contributed by atoms with E-state index in [1.54, 1.807) is 31.7 Å². The summed E-state index contributed by atoms with van der Waals surface area (Å²) in [6.45, 7) is 24.2. The van der Waals surface area contributed by atoms with E-state index in [0.29, 0.717) is 144 Å². The molecule has 26 nitrogen and oxygen atoms in total. The SMILES string of the molecule is CCCC(=O)Nc1nc2cc(-c3cnc(N4CCC(C)(C(=O)O)CC4)nc3)cc(-c3cc(C)ccn3)c2s1.CCCC(=O)Nc1nc2cc(-c3cnc(N4CCC(C)(C(=O)OCC)CC4)nc3)cc(-c3cc(C)ccn3)c2s1.CCCC(=O)Nc1nc2cc(-c3cnc(N4CCC(C)(C(=O)OCC)CC4)nc3)cc(Br)c2s1. The number of carboxylic acid groups (broad SMARTS) is 1. The van der Waals surface area contributed by atoms with E-state index in [4.69, 9.17) is 19.4 Å². The van der Waals surface area contributed by atoms with Crippen LogP contribution in [0.4, 0.5) is 33.2 Å². The van der Waals surface area contributed by atoms with Gasteiger partial charge in [0.1, 0.15) is 0 Å². The third-order valence-electron chi connectivity index (χ3n) is 20.4. The molecular weight excluding hydrogens is 1540 g/mol. The van der Waals surface area contributed by atoms with Crippen molar-refractivity contribution in [2.24, 2.45) is 16.2 Å². The number of hydrogen-bond donors (Lipinski definition) is 4. The second-order valence-corrected chi connectivity index (χ2v) is 33.0. The number of aromatic nitrogens is 11. The Kier molecular flexibility index (Phi) is 26.0. The van der Waals surface area contributed by atoms with Gasteiger partial charge in [0.25, 0.3) is 0 Å². The number of fused-ring (bicyclic) bond motifs is 3. The molecule has 0 unspecified atom stereocenters. The number of ether oxygens (including phenoxy) is 2. The number of halogens is 1. The van der Waals surface area contributed by atoms with Crippen LogP contribution in [0.5, 0.6) is 0 Å².